The Hall–Kier alpha value is -4.61. The third-order valence-electron chi connectivity index (χ3n) is 6.63. The molecule has 0 atom stereocenters. The highest BCUT2D eigenvalue weighted by Gasteiger charge is 2.23. The van der Waals surface area contributed by atoms with Crippen molar-refractivity contribution in [3.63, 3.8) is 0 Å². The van der Waals surface area contributed by atoms with E-state index in [9.17, 15) is 9.59 Å². The maximum absolute atomic E-state index is 12.9. The summed E-state index contributed by atoms with van der Waals surface area (Å²) in [5, 5.41) is 14.0. The molecule has 2 heterocycles. The maximum Gasteiger partial charge on any atom is 0.358 e. The number of ether oxygens (including phenoxy) is 1. The third-order valence-corrected chi connectivity index (χ3v) is 6.95. The number of para-hydroxylation sites is 1. The van der Waals surface area contributed by atoms with Gasteiger partial charge in [-0.3, -0.25) is 4.79 Å². The van der Waals surface area contributed by atoms with Crippen LogP contribution in [-0.4, -0.2) is 59.3 Å². The van der Waals surface area contributed by atoms with Gasteiger partial charge in [-0.25, -0.2) is 9.48 Å². The number of nitrogens with zero attached hydrogens (tertiary/aromatic N) is 5. The van der Waals surface area contributed by atoms with Crippen LogP contribution in [0.4, 0.5) is 5.69 Å². The zero-order valence-corrected chi connectivity index (χ0v) is 22.1. The number of anilines is 1. The summed E-state index contributed by atoms with van der Waals surface area (Å²) in [6.07, 6.45) is 0. The van der Waals surface area contributed by atoms with Gasteiger partial charge in [0, 0.05) is 43.0 Å². The minimum Gasteiger partial charge on any atom is -0.461 e. The number of benzene rings is 3. The maximum atomic E-state index is 12.9. The molecule has 8 nitrogen and oxygen atoms in total. The normalized spacial score (nSPS) is 13.2. The highest BCUT2D eigenvalue weighted by Crippen LogP contribution is 2.30. The van der Waals surface area contributed by atoms with Crippen LogP contribution in [0.15, 0.2) is 78.9 Å². The van der Waals surface area contributed by atoms with Gasteiger partial charge in [0.2, 0.25) is 0 Å². The Morgan fingerprint density at radius 3 is 2.31 bits per heavy atom. The fourth-order valence-corrected chi connectivity index (χ4v) is 4.80. The van der Waals surface area contributed by atoms with Crippen molar-refractivity contribution in [2.45, 2.75) is 6.92 Å². The second-order valence-corrected chi connectivity index (χ2v) is 9.42. The fourth-order valence-electron chi connectivity index (χ4n) is 4.58. The van der Waals surface area contributed by atoms with E-state index in [1.165, 1.54) is 0 Å². The number of hydrogen-bond donors (Lipinski definition) is 0. The summed E-state index contributed by atoms with van der Waals surface area (Å²) in [5.74, 6) is -0.519. The van der Waals surface area contributed by atoms with Gasteiger partial charge in [-0.1, -0.05) is 35.9 Å². The third kappa shape index (κ3) is 5.49. The van der Waals surface area contributed by atoms with Crippen molar-refractivity contribution in [3.05, 3.63) is 101 Å². The first-order valence-electron chi connectivity index (χ1n) is 12.7. The van der Waals surface area contributed by atoms with Crippen molar-refractivity contribution in [2.75, 3.05) is 37.7 Å². The number of carbonyl (C=O) groups excluding carboxylic acids is 2. The molecule has 1 aliphatic rings. The van der Waals surface area contributed by atoms with Crippen LogP contribution in [-0.2, 0) is 4.74 Å². The summed E-state index contributed by atoms with van der Waals surface area (Å²) < 4.78 is 6.83. The van der Waals surface area contributed by atoms with Crippen LogP contribution < -0.4 is 4.90 Å². The summed E-state index contributed by atoms with van der Waals surface area (Å²) in [4.78, 5) is 29.4. The van der Waals surface area contributed by atoms with Crippen molar-refractivity contribution in [3.8, 4) is 23.0 Å². The van der Waals surface area contributed by atoms with E-state index in [4.69, 9.17) is 21.6 Å². The smallest absolute Gasteiger partial charge is 0.358 e. The standard InChI is InChI=1S/C30H26ClN5O3/c1-2-39-30(38)26-19-28(36(33-26)27-6-4-3-5-25(27)31)22-11-13-24(14-12-22)34-15-17-35(18-16-34)29(37)23-9-7-21(20-32)8-10-23/h3-14,19H,2,15-18H2,1H3. The van der Waals surface area contributed by atoms with Gasteiger partial charge in [-0.15, -0.1) is 0 Å². The molecule has 0 spiro atoms. The average Bonchev–Trinajstić information content (AvgIpc) is 3.43. The van der Waals surface area contributed by atoms with Crippen molar-refractivity contribution >= 4 is 29.2 Å². The van der Waals surface area contributed by atoms with Crippen LogP contribution in [0.1, 0.15) is 33.3 Å². The van der Waals surface area contributed by atoms with Crippen LogP contribution in [0.3, 0.4) is 0 Å². The van der Waals surface area contributed by atoms with E-state index in [0.29, 0.717) is 48.0 Å². The summed E-state index contributed by atoms with van der Waals surface area (Å²) in [7, 11) is 0. The highest BCUT2D eigenvalue weighted by atomic mass is 35.5. The summed E-state index contributed by atoms with van der Waals surface area (Å²) in [5.41, 5.74) is 4.62. The molecular weight excluding hydrogens is 514 g/mol. The fraction of sp³-hybridized carbons (Fsp3) is 0.200. The zero-order valence-electron chi connectivity index (χ0n) is 21.4. The van der Waals surface area contributed by atoms with E-state index in [1.807, 2.05) is 47.4 Å². The Morgan fingerprint density at radius 2 is 1.67 bits per heavy atom. The molecule has 3 aromatic carbocycles. The Labute approximate surface area is 231 Å². The quantitative estimate of drug-likeness (QED) is 0.313. The first kappa shape index (κ1) is 26.0. The summed E-state index contributed by atoms with van der Waals surface area (Å²) >= 11 is 6.46. The van der Waals surface area contributed by atoms with Gasteiger partial charge in [-0.2, -0.15) is 10.4 Å². The topological polar surface area (TPSA) is 91.5 Å². The van der Waals surface area contributed by atoms with Crippen LogP contribution in [0.2, 0.25) is 5.02 Å². The Bertz CT molecular complexity index is 1530. The zero-order chi connectivity index (χ0) is 27.4. The molecule has 4 aromatic rings. The number of nitriles is 1. The molecule has 5 rings (SSSR count). The number of halogens is 1. The molecule has 1 amide bonds. The van der Waals surface area contributed by atoms with Crippen molar-refractivity contribution in [2.24, 2.45) is 0 Å². The second-order valence-electron chi connectivity index (χ2n) is 9.01. The van der Waals surface area contributed by atoms with Gasteiger partial charge < -0.3 is 14.5 Å². The van der Waals surface area contributed by atoms with Gasteiger partial charge in [0.05, 0.1) is 34.6 Å². The lowest BCUT2D eigenvalue weighted by atomic mass is 10.1. The molecule has 1 fully saturated rings. The van der Waals surface area contributed by atoms with Gasteiger partial charge in [0.1, 0.15) is 0 Å². The molecule has 1 saturated heterocycles. The Morgan fingerprint density at radius 1 is 0.974 bits per heavy atom. The van der Waals surface area contributed by atoms with Gasteiger partial charge >= 0.3 is 5.97 Å². The molecule has 0 N–H and O–H groups in total. The number of aromatic nitrogens is 2. The van der Waals surface area contributed by atoms with Crippen LogP contribution in [0.5, 0.6) is 0 Å². The number of piperazine rings is 1. The predicted molar refractivity (Wildman–Crippen MR) is 149 cm³/mol. The van der Waals surface area contributed by atoms with E-state index >= 15 is 0 Å². The molecule has 9 heteroatoms. The molecule has 0 unspecified atom stereocenters. The Kier molecular flexibility index (Phi) is 7.62. The molecule has 0 radical (unpaired) electrons. The van der Waals surface area contributed by atoms with Crippen molar-refractivity contribution < 1.29 is 14.3 Å². The van der Waals surface area contributed by atoms with E-state index < -0.39 is 5.97 Å². The minimum absolute atomic E-state index is 0.0280. The lowest BCUT2D eigenvalue weighted by Gasteiger charge is -2.36. The first-order chi connectivity index (χ1) is 19.0. The van der Waals surface area contributed by atoms with E-state index in [1.54, 1.807) is 48.0 Å². The average molecular weight is 540 g/mol. The number of hydrogen-bond acceptors (Lipinski definition) is 6. The summed E-state index contributed by atoms with van der Waals surface area (Å²) in [6, 6.07) is 25.9. The molecule has 196 valence electrons. The van der Waals surface area contributed by atoms with Crippen molar-refractivity contribution in [1.29, 1.82) is 5.26 Å². The molecule has 0 saturated carbocycles. The van der Waals surface area contributed by atoms with E-state index in [2.05, 4.69) is 16.1 Å². The predicted octanol–water partition coefficient (Wildman–Crippen LogP) is 5.20. The van der Waals surface area contributed by atoms with E-state index in [-0.39, 0.29) is 18.2 Å². The van der Waals surface area contributed by atoms with Gasteiger partial charge in [0.25, 0.3) is 5.91 Å². The van der Waals surface area contributed by atoms with Crippen LogP contribution in [0.25, 0.3) is 16.9 Å². The highest BCUT2D eigenvalue weighted by molar-refractivity contribution is 6.32. The molecule has 1 aromatic heterocycles. The van der Waals surface area contributed by atoms with Gasteiger partial charge in [-0.05, 0) is 61.5 Å². The minimum atomic E-state index is -0.491. The lowest BCUT2D eigenvalue weighted by Crippen LogP contribution is -2.48. The SMILES string of the molecule is CCOC(=O)c1cc(-c2ccc(N3CCN(C(=O)c4ccc(C#N)cc4)CC3)cc2)n(-c2ccccc2Cl)n1. The number of amides is 1. The molecule has 1 aliphatic heterocycles. The lowest BCUT2D eigenvalue weighted by molar-refractivity contribution is 0.0518. The van der Waals surface area contributed by atoms with E-state index in [0.717, 1.165) is 16.9 Å². The monoisotopic (exact) mass is 539 g/mol. The first-order valence-corrected chi connectivity index (χ1v) is 13.0. The molecule has 0 aliphatic carbocycles. The molecule has 0 bridgehead atoms. The van der Waals surface area contributed by atoms with Crippen LogP contribution in [0, 0.1) is 11.3 Å². The largest absolute Gasteiger partial charge is 0.461 e. The number of carbonyl (C=O) groups is 2. The Balaban J connectivity index is 1.33. The summed E-state index contributed by atoms with van der Waals surface area (Å²) in [6.45, 7) is 4.61. The van der Waals surface area contributed by atoms with Gasteiger partial charge in [0.15, 0.2) is 5.69 Å². The van der Waals surface area contributed by atoms with Crippen molar-refractivity contribution in [1.82, 2.24) is 14.7 Å². The molecule has 39 heavy (non-hydrogen) atoms. The number of esters is 1. The second kappa shape index (κ2) is 11.4. The number of rotatable bonds is 6. The molecular formula is C30H26ClN5O3. The van der Waals surface area contributed by atoms with Crippen LogP contribution >= 0.6 is 11.6 Å².